The van der Waals surface area contributed by atoms with E-state index in [2.05, 4.69) is 10.1 Å². The molecule has 108 valence electrons. The van der Waals surface area contributed by atoms with Crippen molar-refractivity contribution in [2.75, 3.05) is 0 Å². The van der Waals surface area contributed by atoms with Crippen LogP contribution in [0.4, 0.5) is 17.6 Å². The van der Waals surface area contributed by atoms with Crippen LogP contribution >= 0.6 is 0 Å². The van der Waals surface area contributed by atoms with Gasteiger partial charge in [-0.25, -0.2) is 9.07 Å². The Hall–Kier alpha value is -2.12. The lowest BCUT2D eigenvalue weighted by atomic mass is 10.2. The van der Waals surface area contributed by atoms with Crippen LogP contribution in [0, 0.1) is 5.82 Å². The topological polar surface area (TPSA) is 39.9 Å². The molecule has 0 bridgehead atoms. The predicted molar refractivity (Wildman–Crippen MR) is 61.9 cm³/mol. The Bertz CT molecular complexity index is 607. The Morgan fingerprint density at radius 1 is 1.25 bits per heavy atom. The summed E-state index contributed by atoms with van der Waals surface area (Å²) in [6.45, 7) is 3.63. The number of ether oxygens (including phenoxy) is 1. The van der Waals surface area contributed by atoms with Gasteiger partial charge in [-0.3, -0.25) is 0 Å². The summed E-state index contributed by atoms with van der Waals surface area (Å²) >= 11 is 0. The molecule has 0 amide bonds. The first-order valence-electron chi connectivity index (χ1n) is 5.73. The van der Waals surface area contributed by atoms with Crippen LogP contribution in [-0.4, -0.2) is 14.8 Å². The summed E-state index contributed by atoms with van der Waals surface area (Å²) in [5.74, 6) is -1.51. The molecule has 2 aromatic rings. The van der Waals surface area contributed by atoms with E-state index in [-0.39, 0.29) is 17.8 Å². The highest BCUT2D eigenvalue weighted by Crippen LogP contribution is 2.34. The molecule has 0 saturated heterocycles. The summed E-state index contributed by atoms with van der Waals surface area (Å²) < 4.78 is 57.5. The van der Waals surface area contributed by atoms with Crippen LogP contribution in [-0.2, 0) is 6.18 Å². The molecule has 0 aliphatic rings. The third kappa shape index (κ3) is 2.89. The number of hydrogen-bond donors (Lipinski definition) is 0. The number of nitrogens with zero attached hydrogens (tertiary/aromatic N) is 3. The maximum atomic E-state index is 13.1. The minimum absolute atomic E-state index is 0.0414. The Balaban J connectivity index is 2.33. The summed E-state index contributed by atoms with van der Waals surface area (Å²) in [7, 11) is 0. The van der Waals surface area contributed by atoms with Crippen LogP contribution in [0.2, 0.25) is 0 Å². The van der Waals surface area contributed by atoms with Gasteiger partial charge in [-0.05, 0) is 32.0 Å². The second-order valence-electron chi connectivity index (χ2n) is 4.32. The van der Waals surface area contributed by atoms with E-state index in [4.69, 9.17) is 4.74 Å². The summed E-state index contributed by atoms with van der Waals surface area (Å²) in [5, 5.41) is 3.88. The Morgan fingerprint density at radius 2 is 1.95 bits per heavy atom. The standard InChI is InChI=1S/C12H11F4N3O/c1-7(2)19-11(17-6-18-19)20-8-3-4-10(13)9(5-8)12(14,15)16/h3-7H,1-2H3. The Labute approximate surface area is 112 Å². The largest absolute Gasteiger partial charge is 0.424 e. The predicted octanol–water partition coefficient (Wildman–Crippen LogP) is 3.81. The number of rotatable bonds is 3. The summed E-state index contributed by atoms with van der Waals surface area (Å²) in [6.07, 6.45) is -3.56. The normalized spacial score (nSPS) is 11.9. The van der Waals surface area contributed by atoms with E-state index in [1.807, 2.05) is 13.8 Å². The Morgan fingerprint density at radius 3 is 2.55 bits per heavy atom. The number of alkyl halides is 3. The quantitative estimate of drug-likeness (QED) is 0.807. The highest BCUT2D eigenvalue weighted by molar-refractivity contribution is 5.33. The molecule has 0 aliphatic heterocycles. The van der Waals surface area contributed by atoms with Crippen molar-refractivity contribution < 1.29 is 22.3 Å². The van der Waals surface area contributed by atoms with Crippen LogP contribution in [0.15, 0.2) is 24.5 Å². The number of benzene rings is 1. The van der Waals surface area contributed by atoms with Gasteiger partial charge in [0.1, 0.15) is 17.9 Å². The van der Waals surface area contributed by atoms with Gasteiger partial charge in [0, 0.05) is 0 Å². The third-order valence-corrected chi connectivity index (χ3v) is 2.48. The van der Waals surface area contributed by atoms with Crippen molar-refractivity contribution in [1.29, 1.82) is 0 Å². The highest BCUT2D eigenvalue weighted by Gasteiger charge is 2.34. The fourth-order valence-corrected chi connectivity index (χ4v) is 1.56. The summed E-state index contributed by atoms with van der Waals surface area (Å²) in [5.41, 5.74) is -1.38. The van der Waals surface area contributed by atoms with E-state index < -0.39 is 17.6 Å². The van der Waals surface area contributed by atoms with Crippen molar-refractivity contribution in [2.24, 2.45) is 0 Å². The van der Waals surface area contributed by atoms with Gasteiger partial charge in [0.05, 0.1) is 11.6 Å². The second kappa shape index (κ2) is 5.10. The smallest absolute Gasteiger partial charge is 0.419 e. The first-order chi connectivity index (χ1) is 9.29. The zero-order valence-electron chi connectivity index (χ0n) is 10.6. The highest BCUT2D eigenvalue weighted by atomic mass is 19.4. The number of hydrogen-bond acceptors (Lipinski definition) is 3. The lowest BCUT2D eigenvalue weighted by molar-refractivity contribution is -0.140. The van der Waals surface area contributed by atoms with Crippen LogP contribution in [0.25, 0.3) is 0 Å². The van der Waals surface area contributed by atoms with Crippen molar-refractivity contribution in [3.8, 4) is 11.8 Å². The average molecular weight is 289 g/mol. The number of halogens is 4. The Kier molecular flexibility index (Phi) is 3.65. The molecule has 0 N–H and O–H groups in total. The molecule has 8 heteroatoms. The fourth-order valence-electron chi connectivity index (χ4n) is 1.56. The molecule has 0 spiro atoms. The van der Waals surface area contributed by atoms with Crippen molar-refractivity contribution >= 4 is 0 Å². The lowest BCUT2D eigenvalue weighted by Crippen LogP contribution is -2.09. The van der Waals surface area contributed by atoms with Crippen molar-refractivity contribution in [3.63, 3.8) is 0 Å². The van der Waals surface area contributed by atoms with Crippen LogP contribution in [0.1, 0.15) is 25.5 Å². The van der Waals surface area contributed by atoms with Gasteiger partial charge >= 0.3 is 12.2 Å². The first-order valence-corrected chi connectivity index (χ1v) is 5.73. The zero-order chi connectivity index (χ0) is 14.9. The molecule has 1 aromatic heterocycles. The van der Waals surface area contributed by atoms with Gasteiger partial charge in [-0.15, -0.1) is 0 Å². The molecular formula is C12H11F4N3O. The minimum Gasteiger partial charge on any atom is -0.424 e. The van der Waals surface area contributed by atoms with Gasteiger partial charge in [-0.1, -0.05) is 0 Å². The molecule has 0 unspecified atom stereocenters. The molecule has 0 aliphatic carbocycles. The molecule has 0 fully saturated rings. The van der Waals surface area contributed by atoms with E-state index in [0.29, 0.717) is 12.1 Å². The van der Waals surface area contributed by atoms with Crippen molar-refractivity contribution in [1.82, 2.24) is 14.8 Å². The molecule has 0 radical (unpaired) electrons. The van der Waals surface area contributed by atoms with Gasteiger partial charge in [0.25, 0.3) is 0 Å². The van der Waals surface area contributed by atoms with Gasteiger partial charge in [0.2, 0.25) is 0 Å². The molecule has 2 rings (SSSR count). The summed E-state index contributed by atoms with van der Waals surface area (Å²) in [4.78, 5) is 3.80. The third-order valence-electron chi connectivity index (χ3n) is 2.48. The van der Waals surface area contributed by atoms with E-state index in [1.165, 1.54) is 11.0 Å². The van der Waals surface area contributed by atoms with E-state index in [1.54, 1.807) is 0 Å². The van der Waals surface area contributed by atoms with Gasteiger partial charge in [-0.2, -0.15) is 23.3 Å². The first kappa shape index (κ1) is 14.3. The SMILES string of the molecule is CC(C)n1ncnc1Oc1ccc(F)c(C(F)(F)F)c1. The van der Waals surface area contributed by atoms with Crippen LogP contribution in [0.5, 0.6) is 11.8 Å². The van der Waals surface area contributed by atoms with E-state index in [9.17, 15) is 17.6 Å². The molecule has 1 heterocycles. The van der Waals surface area contributed by atoms with Crippen molar-refractivity contribution in [3.05, 3.63) is 35.9 Å². The van der Waals surface area contributed by atoms with E-state index in [0.717, 1.165) is 6.07 Å². The van der Waals surface area contributed by atoms with Gasteiger partial charge < -0.3 is 4.74 Å². The second-order valence-corrected chi connectivity index (χ2v) is 4.32. The molecular weight excluding hydrogens is 278 g/mol. The van der Waals surface area contributed by atoms with Gasteiger partial charge in [0.15, 0.2) is 0 Å². The van der Waals surface area contributed by atoms with Crippen molar-refractivity contribution in [2.45, 2.75) is 26.1 Å². The number of aromatic nitrogens is 3. The van der Waals surface area contributed by atoms with E-state index >= 15 is 0 Å². The maximum Gasteiger partial charge on any atom is 0.419 e. The van der Waals surface area contributed by atoms with Crippen LogP contribution in [0.3, 0.4) is 0 Å². The maximum absolute atomic E-state index is 13.1. The minimum atomic E-state index is -4.78. The molecule has 20 heavy (non-hydrogen) atoms. The monoisotopic (exact) mass is 289 g/mol. The molecule has 0 saturated carbocycles. The zero-order valence-corrected chi connectivity index (χ0v) is 10.6. The molecule has 4 nitrogen and oxygen atoms in total. The lowest BCUT2D eigenvalue weighted by Gasteiger charge is -2.12. The molecule has 1 aromatic carbocycles. The molecule has 0 atom stereocenters. The van der Waals surface area contributed by atoms with Crippen LogP contribution < -0.4 is 4.74 Å². The fraction of sp³-hybridized carbons (Fsp3) is 0.333. The summed E-state index contributed by atoms with van der Waals surface area (Å²) in [6, 6.07) is 2.36. The average Bonchev–Trinajstić information content (AvgIpc) is 2.78.